The molecule has 0 spiro atoms. The molecular weight excluding hydrogens is 425 g/mol. The van der Waals surface area contributed by atoms with E-state index in [1.54, 1.807) is 29.5 Å². The molecule has 2 aliphatic carbocycles. The van der Waals surface area contributed by atoms with Crippen LogP contribution in [0.25, 0.3) is 0 Å². The number of dihydropyridines is 1. The van der Waals surface area contributed by atoms with Crippen molar-refractivity contribution in [2.45, 2.75) is 63.4 Å². The Kier molecular flexibility index (Phi) is 5.72. The Bertz CT molecular complexity index is 1110. The van der Waals surface area contributed by atoms with Crippen molar-refractivity contribution in [1.29, 1.82) is 0 Å². The van der Waals surface area contributed by atoms with E-state index in [9.17, 15) is 9.59 Å². The van der Waals surface area contributed by atoms with Crippen LogP contribution in [0.5, 0.6) is 0 Å². The summed E-state index contributed by atoms with van der Waals surface area (Å²) in [6.07, 6.45) is 4.71. The molecular formula is C26H26FNO3S. The van der Waals surface area contributed by atoms with Gasteiger partial charge in [-0.25, -0.2) is 9.18 Å². The normalized spacial score (nSPS) is 23.9. The molecule has 1 aromatic heterocycles. The number of benzene rings is 1. The first-order chi connectivity index (χ1) is 15.5. The van der Waals surface area contributed by atoms with E-state index < -0.39 is 17.7 Å². The smallest absolute Gasteiger partial charge is 0.337 e. The zero-order chi connectivity index (χ0) is 22.2. The summed E-state index contributed by atoms with van der Waals surface area (Å²) in [5.74, 6) is -1.56. The van der Waals surface area contributed by atoms with Gasteiger partial charge in [0.2, 0.25) is 0 Å². The molecule has 2 aromatic rings. The summed E-state index contributed by atoms with van der Waals surface area (Å²) in [4.78, 5) is 27.9. The highest BCUT2D eigenvalue weighted by Gasteiger charge is 2.42. The first-order valence-electron chi connectivity index (χ1n) is 11.3. The molecule has 3 aliphatic rings. The average molecular weight is 452 g/mol. The fourth-order valence-corrected chi connectivity index (χ4v) is 6.11. The highest BCUT2D eigenvalue weighted by atomic mass is 32.1. The summed E-state index contributed by atoms with van der Waals surface area (Å²) >= 11 is 1.65. The Balaban J connectivity index is 1.56. The summed E-state index contributed by atoms with van der Waals surface area (Å²) in [7, 11) is 0. The first kappa shape index (κ1) is 21.1. The Hall–Kier alpha value is -2.73. The number of Topliss-reactive ketones (excluding diaryl/α,β-unsaturated/α-hetero) is 1. The average Bonchev–Trinajstić information content (AvgIpc) is 3.47. The third-order valence-electron chi connectivity index (χ3n) is 6.79. The molecule has 6 heteroatoms. The molecule has 2 heterocycles. The lowest BCUT2D eigenvalue weighted by Crippen LogP contribution is -2.36. The number of ketones is 1. The van der Waals surface area contributed by atoms with Crippen LogP contribution in [0.4, 0.5) is 4.39 Å². The van der Waals surface area contributed by atoms with E-state index in [0.717, 1.165) is 31.4 Å². The number of nitrogens with one attached hydrogen (secondary N) is 1. The van der Waals surface area contributed by atoms with Crippen LogP contribution in [0.15, 0.2) is 64.3 Å². The molecule has 166 valence electrons. The van der Waals surface area contributed by atoms with Gasteiger partial charge in [-0.15, -0.1) is 11.3 Å². The summed E-state index contributed by atoms with van der Waals surface area (Å²) in [6.45, 7) is 1.82. The maximum atomic E-state index is 15.0. The number of halogens is 1. The maximum Gasteiger partial charge on any atom is 0.337 e. The molecule has 5 rings (SSSR count). The van der Waals surface area contributed by atoms with E-state index in [1.165, 1.54) is 10.9 Å². The minimum Gasteiger partial charge on any atom is -0.459 e. The van der Waals surface area contributed by atoms with E-state index in [2.05, 4.69) is 11.4 Å². The standard InChI is InChI=1S/C26H26FNO3S/c1-15-23(26(30)31-17-7-2-3-8-17)24(18-9-4-5-10-19(18)27)25-20(28-15)13-16(14-21(25)29)22-11-6-12-32-22/h4-6,9-12,16-17,24,28H,2-3,7-8,13-14H2,1H3/t16-,24+/m1/s1. The van der Waals surface area contributed by atoms with Gasteiger partial charge in [0.05, 0.1) is 11.5 Å². The highest BCUT2D eigenvalue weighted by molar-refractivity contribution is 7.10. The highest BCUT2D eigenvalue weighted by Crippen LogP contribution is 2.47. The van der Waals surface area contributed by atoms with Crippen molar-refractivity contribution >= 4 is 23.1 Å². The van der Waals surface area contributed by atoms with Crippen LogP contribution in [0.3, 0.4) is 0 Å². The van der Waals surface area contributed by atoms with Gasteiger partial charge >= 0.3 is 5.97 Å². The van der Waals surface area contributed by atoms with Crippen LogP contribution >= 0.6 is 11.3 Å². The predicted molar refractivity (Wildman–Crippen MR) is 122 cm³/mol. The third kappa shape index (κ3) is 3.81. The molecule has 1 saturated carbocycles. The molecule has 0 saturated heterocycles. The molecule has 32 heavy (non-hydrogen) atoms. The second-order valence-electron chi connectivity index (χ2n) is 8.87. The van der Waals surface area contributed by atoms with Gasteiger partial charge < -0.3 is 10.1 Å². The van der Waals surface area contributed by atoms with Gasteiger partial charge in [-0.3, -0.25) is 4.79 Å². The van der Waals surface area contributed by atoms with Crippen LogP contribution < -0.4 is 5.32 Å². The second-order valence-corrected chi connectivity index (χ2v) is 9.85. The quantitative estimate of drug-likeness (QED) is 0.603. The van der Waals surface area contributed by atoms with Gasteiger partial charge in [0.15, 0.2) is 5.78 Å². The van der Waals surface area contributed by atoms with E-state index in [4.69, 9.17) is 4.74 Å². The largest absolute Gasteiger partial charge is 0.459 e. The van der Waals surface area contributed by atoms with Gasteiger partial charge in [0.25, 0.3) is 0 Å². The van der Waals surface area contributed by atoms with Crippen molar-refractivity contribution < 1.29 is 18.7 Å². The van der Waals surface area contributed by atoms with Crippen molar-refractivity contribution in [1.82, 2.24) is 5.32 Å². The van der Waals surface area contributed by atoms with Crippen LogP contribution in [0, 0.1) is 5.82 Å². The van der Waals surface area contributed by atoms with E-state index in [-0.39, 0.29) is 17.8 Å². The van der Waals surface area contributed by atoms with Gasteiger partial charge in [-0.2, -0.15) is 0 Å². The summed E-state index contributed by atoms with van der Waals surface area (Å²) in [6, 6.07) is 10.5. The van der Waals surface area contributed by atoms with E-state index in [1.807, 2.05) is 18.4 Å². The number of hydrogen-bond donors (Lipinski definition) is 1. The summed E-state index contributed by atoms with van der Waals surface area (Å²) < 4.78 is 20.8. The lowest BCUT2D eigenvalue weighted by molar-refractivity contribution is -0.144. The third-order valence-corrected chi connectivity index (χ3v) is 7.82. The fraction of sp³-hybridized carbons (Fsp3) is 0.385. The molecule has 1 N–H and O–H groups in total. The molecule has 1 aliphatic heterocycles. The lowest BCUT2D eigenvalue weighted by Gasteiger charge is -2.36. The zero-order valence-electron chi connectivity index (χ0n) is 18.0. The Morgan fingerprint density at radius 3 is 2.62 bits per heavy atom. The Morgan fingerprint density at radius 2 is 1.91 bits per heavy atom. The van der Waals surface area contributed by atoms with Crippen molar-refractivity contribution in [3.8, 4) is 0 Å². The SMILES string of the molecule is CC1=C(C(=O)OC2CCCC2)[C@H](c2ccccc2F)C2=C(C[C@@H](c3cccs3)CC2=O)N1. The number of hydrogen-bond acceptors (Lipinski definition) is 5. The molecule has 1 aromatic carbocycles. The number of esters is 1. The Labute approximate surface area is 191 Å². The molecule has 0 bridgehead atoms. The molecule has 2 atom stereocenters. The maximum absolute atomic E-state index is 15.0. The molecule has 1 fully saturated rings. The number of thiophene rings is 1. The van der Waals surface area contributed by atoms with E-state index >= 15 is 4.39 Å². The lowest BCUT2D eigenvalue weighted by atomic mass is 9.72. The van der Waals surface area contributed by atoms with Crippen molar-refractivity contribution in [2.24, 2.45) is 0 Å². The predicted octanol–water partition coefficient (Wildman–Crippen LogP) is 5.73. The van der Waals surface area contributed by atoms with Crippen molar-refractivity contribution in [3.63, 3.8) is 0 Å². The fourth-order valence-electron chi connectivity index (χ4n) is 5.28. The van der Waals surface area contributed by atoms with Crippen LogP contribution in [0.1, 0.15) is 67.7 Å². The number of ether oxygens (including phenoxy) is 1. The topological polar surface area (TPSA) is 55.4 Å². The molecule has 4 nitrogen and oxygen atoms in total. The van der Waals surface area contributed by atoms with Gasteiger partial charge in [0, 0.05) is 39.7 Å². The molecule has 0 radical (unpaired) electrons. The monoisotopic (exact) mass is 451 g/mol. The first-order valence-corrected chi connectivity index (χ1v) is 12.1. The van der Waals surface area contributed by atoms with Gasteiger partial charge in [-0.05, 0) is 56.5 Å². The van der Waals surface area contributed by atoms with Crippen LogP contribution in [-0.2, 0) is 14.3 Å². The minimum atomic E-state index is -0.752. The number of carbonyl (C=O) groups is 2. The Morgan fingerprint density at radius 1 is 1.12 bits per heavy atom. The van der Waals surface area contributed by atoms with Crippen LogP contribution in [-0.4, -0.2) is 17.9 Å². The van der Waals surface area contributed by atoms with Crippen molar-refractivity contribution in [2.75, 3.05) is 0 Å². The minimum absolute atomic E-state index is 0.0379. The summed E-state index contributed by atoms with van der Waals surface area (Å²) in [5.41, 5.74) is 2.64. The van der Waals surface area contributed by atoms with Gasteiger partial charge in [0.1, 0.15) is 11.9 Å². The zero-order valence-corrected chi connectivity index (χ0v) is 18.8. The number of carbonyl (C=O) groups excluding carboxylic acids is 2. The number of allylic oxidation sites excluding steroid dienone is 3. The molecule has 0 unspecified atom stereocenters. The van der Waals surface area contributed by atoms with Crippen LogP contribution in [0.2, 0.25) is 0 Å². The molecule has 0 amide bonds. The number of rotatable bonds is 4. The summed E-state index contributed by atoms with van der Waals surface area (Å²) in [5, 5.41) is 5.35. The van der Waals surface area contributed by atoms with Crippen molar-refractivity contribution in [3.05, 3.63) is 80.6 Å². The van der Waals surface area contributed by atoms with E-state index in [0.29, 0.717) is 35.2 Å². The van der Waals surface area contributed by atoms with Gasteiger partial charge in [-0.1, -0.05) is 24.3 Å². The second kappa shape index (κ2) is 8.66.